The summed E-state index contributed by atoms with van der Waals surface area (Å²) in [6.07, 6.45) is 5.05. The predicted molar refractivity (Wildman–Crippen MR) is 128 cm³/mol. The molecule has 0 aliphatic carbocycles. The molecule has 0 radical (unpaired) electrons. The summed E-state index contributed by atoms with van der Waals surface area (Å²) in [5, 5.41) is 15.5. The van der Waals surface area contributed by atoms with Crippen molar-refractivity contribution in [3.8, 4) is 0 Å². The number of benzene rings is 2. The number of carbonyl (C=O) groups is 2. The van der Waals surface area contributed by atoms with E-state index >= 15 is 0 Å². The van der Waals surface area contributed by atoms with Gasteiger partial charge in [0.05, 0.1) is 23.7 Å². The molecule has 2 aliphatic rings. The normalized spacial score (nSPS) is 23.2. The van der Waals surface area contributed by atoms with Crippen LogP contribution in [-0.2, 0) is 4.79 Å². The lowest BCUT2D eigenvalue weighted by Gasteiger charge is -2.45. The average molecular weight is 444 g/mol. The fourth-order valence-corrected chi connectivity index (χ4v) is 5.72. The number of fused-ring (bicyclic) bond motifs is 2. The molecule has 0 saturated carbocycles. The maximum Gasteiger partial charge on any atom is 0.377 e. The first kappa shape index (κ1) is 21.6. The number of aromatic nitrogens is 1. The van der Waals surface area contributed by atoms with Crippen molar-refractivity contribution in [1.29, 1.82) is 0 Å². The van der Waals surface area contributed by atoms with E-state index in [9.17, 15) is 14.7 Å². The first-order valence-corrected chi connectivity index (χ1v) is 11.8. The molecule has 1 fully saturated rings. The third-order valence-electron chi connectivity index (χ3n) is 7.07. The molecule has 5 rings (SSSR count). The summed E-state index contributed by atoms with van der Waals surface area (Å²) in [6.45, 7) is 5.66. The summed E-state index contributed by atoms with van der Waals surface area (Å²) < 4.78 is -0.181. The number of carboxylic acid groups (broad SMARTS) is 1. The Hall–Kier alpha value is -3.22. The number of nitrogens with one attached hydrogen (secondary N) is 1. The van der Waals surface area contributed by atoms with E-state index in [1.165, 1.54) is 0 Å². The van der Waals surface area contributed by atoms with Gasteiger partial charge in [-0.3, -0.25) is 0 Å². The molecule has 6 nitrogen and oxygen atoms in total. The molecule has 1 aromatic heterocycles. The van der Waals surface area contributed by atoms with E-state index in [1.807, 2.05) is 55.5 Å². The van der Waals surface area contributed by atoms with E-state index in [2.05, 4.69) is 16.9 Å². The lowest BCUT2D eigenvalue weighted by Crippen LogP contribution is -2.65. The molecule has 2 unspecified atom stereocenters. The molecule has 0 bridgehead atoms. The molecule has 170 valence electrons. The topological polar surface area (TPSA) is 76.2 Å². The van der Waals surface area contributed by atoms with Gasteiger partial charge in [0.15, 0.2) is 11.4 Å². The van der Waals surface area contributed by atoms with Gasteiger partial charge in [0, 0.05) is 36.1 Å². The first-order valence-electron chi connectivity index (χ1n) is 11.8. The van der Waals surface area contributed by atoms with Crippen LogP contribution < -0.4 is 9.70 Å². The van der Waals surface area contributed by atoms with Gasteiger partial charge in [-0.05, 0) is 37.3 Å². The lowest BCUT2D eigenvalue weighted by atomic mass is 10.0. The van der Waals surface area contributed by atoms with E-state index in [0.717, 1.165) is 43.3 Å². The molecule has 0 spiro atoms. The zero-order chi connectivity index (χ0) is 23.2. The highest BCUT2D eigenvalue weighted by molar-refractivity contribution is 6.24. The van der Waals surface area contributed by atoms with Crippen LogP contribution in [0.5, 0.6) is 0 Å². The smallest absolute Gasteiger partial charge is 0.377 e. The van der Waals surface area contributed by atoms with Crippen LogP contribution in [0.15, 0.2) is 60.4 Å². The maximum atomic E-state index is 14.7. The fraction of sp³-hybridized carbons (Fsp3) is 0.333. The largest absolute Gasteiger partial charge is 0.545 e. The van der Waals surface area contributed by atoms with Crippen LogP contribution in [0.25, 0.3) is 16.5 Å². The van der Waals surface area contributed by atoms with Crippen molar-refractivity contribution in [2.75, 3.05) is 13.1 Å². The molecule has 33 heavy (non-hydrogen) atoms. The molecule has 6 heteroatoms. The van der Waals surface area contributed by atoms with Gasteiger partial charge in [0.2, 0.25) is 0 Å². The zero-order valence-electron chi connectivity index (χ0n) is 19.1. The molecule has 3 aromatic rings. The number of piperidine rings is 1. The van der Waals surface area contributed by atoms with E-state index in [1.54, 1.807) is 6.20 Å². The number of carbonyl (C=O) groups excluding carboxylic acids is 2. The van der Waals surface area contributed by atoms with Gasteiger partial charge in [0.25, 0.3) is 0 Å². The van der Waals surface area contributed by atoms with Crippen LogP contribution in [0.3, 0.4) is 0 Å². The summed E-state index contributed by atoms with van der Waals surface area (Å²) in [7, 11) is 0. The molecule has 1 N–H and O–H groups in total. The predicted octanol–water partition coefficient (Wildman–Crippen LogP) is 4.24. The number of hydrogen-bond acceptors (Lipinski definition) is 4. The molecule has 2 aliphatic heterocycles. The fourth-order valence-electron chi connectivity index (χ4n) is 5.72. The van der Waals surface area contributed by atoms with Gasteiger partial charge < -0.3 is 14.9 Å². The Bertz CT molecular complexity index is 1270. The van der Waals surface area contributed by atoms with Crippen molar-refractivity contribution in [2.45, 2.75) is 39.5 Å². The number of H-pyrrole nitrogens is 1. The number of nitrogens with zero attached hydrogens (tertiary/aromatic N) is 2. The van der Waals surface area contributed by atoms with Crippen LogP contribution in [-0.4, -0.2) is 35.0 Å². The highest BCUT2D eigenvalue weighted by atomic mass is 16.4. The highest BCUT2D eigenvalue weighted by Crippen LogP contribution is 2.50. The van der Waals surface area contributed by atoms with Gasteiger partial charge in [-0.25, -0.2) is 4.79 Å². The van der Waals surface area contributed by atoms with Crippen molar-refractivity contribution in [2.24, 2.45) is 5.92 Å². The second-order valence-electron chi connectivity index (χ2n) is 9.22. The standard InChI is InChI=1S/C27H29N3O3/c1-3-9-24-25(27(32)33)20-12-5-7-14-23(20)30(24,29-15-8-10-18(2)17-29)26(31)21-16-28-22-13-6-4-11-19(21)22/h4-7,11-14,16,18H,3,8-10,15,17H2,1-2H3,(H-,28,31,32,33). The monoisotopic (exact) mass is 443 g/mol. The van der Waals surface area contributed by atoms with Gasteiger partial charge in [-0.2, -0.15) is 0 Å². The number of allylic oxidation sites excluding steroid dienone is 1. The Labute approximate surface area is 193 Å². The summed E-state index contributed by atoms with van der Waals surface area (Å²) in [4.78, 5) is 30.5. The number of amides is 1. The van der Waals surface area contributed by atoms with Crippen LogP contribution >= 0.6 is 0 Å². The molecule has 2 atom stereocenters. The number of rotatable bonds is 5. The average Bonchev–Trinajstić information content (AvgIpc) is 3.37. The zero-order valence-corrected chi connectivity index (χ0v) is 19.1. The van der Waals surface area contributed by atoms with Gasteiger partial charge in [-0.15, -0.1) is 9.60 Å². The van der Waals surface area contributed by atoms with Crippen LogP contribution in [0.2, 0.25) is 0 Å². The minimum Gasteiger partial charge on any atom is -0.545 e. The number of quaternary nitrogens is 1. The highest BCUT2D eigenvalue weighted by Gasteiger charge is 2.57. The van der Waals surface area contributed by atoms with Crippen LogP contribution in [0.4, 0.5) is 5.69 Å². The number of aromatic amines is 1. The number of aliphatic carboxylic acids is 1. The minimum atomic E-state index is -1.22. The Kier molecular flexibility index (Phi) is 5.43. The lowest BCUT2D eigenvalue weighted by molar-refractivity contribution is -0.295. The SMILES string of the molecule is CCCC1=C(C(=O)[O-])c2ccccc2[N+]1(C(=O)c1c[nH]c2ccccc12)N1CCCC(C)C1. The Morgan fingerprint density at radius 3 is 2.67 bits per heavy atom. The van der Waals surface area contributed by atoms with E-state index in [0.29, 0.717) is 34.9 Å². The molecular formula is C27H29N3O3. The van der Waals surface area contributed by atoms with Crippen molar-refractivity contribution in [3.63, 3.8) is 0 Å². The Morgan fingerprint density at radius 1 is 1.15 bits per heavy atom. The number of carboxylic acids is 1. The van der Waals surface area contributed by atoms with E-state index in [4.69, 9.17) is 0 Å². The Balaban J connectivity index is 1.84. The van der Waals surface area contributed by atoms with Crippen LogP contribution in [0.1, 0.15) is 55.5 Å². The van der Waals surface area contributed by atoms with Gasteiger partial charge in [0.1, 0.15) is 5.56 Å². The Morgan fingerprint density at radius 2 is 1.91 bits per heavy atom. The van der Waals surface area contributed by atoms with Crippen molar-refractivity contribution in [3.05, 3.63) is 71.6 Å². The summed E-state index contributed by atoms with van der Waals surface area (Å²) >= 11 is 0. The molecule has 3 heterocycles. The van der Waals surface area contributed by atoms with Crippen molar-refractivity contribution < 1.29 is 14.7 Å². The van der Waals surface area contributed by atoms with Crippen molar-refractivity contribution >= 4 is 34.0 Å². The summed E-state index contributed by atoms with van der Waals surface area (Å²) in [5.41, 5.74) is 3.55. The molecular weight excluding hydrogens is 414 g/mol. The van der Waals surface area contributed by atoms with Gasteiger partial charge in [-0.1, -0.05) is 44.2 Å². The summed E-state index contributed by atoms with van der Waals surface area (Å²) in [6, 6.07) is 15.2. The maximum absolute atomic E-state index is 14.7. The van der Waals surface area contributed by atoms with Gasteiger partial charge >= 0.3 is 5.91 Å². The molecule has 1 saturated heterocycles. The number of hydrogen-bond donors (Lipinski definition) is 1. The quantitative estimate of drug-likeness (QED) is 0.599. The molecule has 2 aromatic carbocycles. The van der Waals surface area contributed by atoms with E-state index < -0.39 is 5.97 Å². The second-order valence-corrected chi connectivity index (χ2v) is 9.22. The van der Waals surface area contributed by atoms with Crippen molar-refractivity contribution in [1.82, 2.24) is 14.6 Å². The summed E-state index contributed by atoms with van der Waals surface area (Å²) in [5.74, 6) is -0.928. The second kappa shape index (κ2) is 8.28. The first-order chi connectivity index (χ1) is 16.0. The third-order valence-corrected chi connectivity index (χ3v) is 7.07. The van der Waals surface area contributed by atoms with E-state index in [-0.39, 0.29) is 16.1 Å². The molecule has 1 amide bonds. The minimum absolute atomic E-state index is 0.117. The third kappa shape index (κ3) is 3.16. The number of para-hydroxylation sites is 2. The van der Waals surface area contributed by atoms with Crippen LogP contribution in [0, 0.1) is 5.92 Å².